The van der Waals surface area contributed by atoms with Crippen molar-refractivity contribution in [3.8, 4) is 0 Å². The molecule has 0 bridgehead atoms. The maximum absolute atomic E-state index is 12.7. The predicted molar refractivity (Wildman–Crippen MR) is 60.0 cm³/mol. The van der Waals surface area contributed by atoms with Crippen molar-refractivity contribution < 1.29 is 18.3 Å². The molecule has 2 heterocycles. The lowest BCUT2D eigenvalue weighted by Gasteiger charge is -2.35. The number of nitrogens with zero attached hydrogens (tertiary/aromatic N) is 4. The van der Waals surface area contributed by atoms with E-state index in [1.807, 2.05) is 4.90 Å². The van der Waals surface area contributed by atoms with E-state index in [1.54, 1.807) is 6.92 Å². The summed E-state index contributed by atoms with van der Waals surface area (Å²) in [6.45, 7) is 2.33. The molecule has 2 atom stereocenters. The molecule has 0 spiro atoms. The standard InChI is InChI=1S/C10H16F3N5O/c1-6(14)7(5-19)17-2-3-18-8(4-17)15-16-9(18)10(11,12)13/h6-7,19H,2-5,14H2,1H3. The largest absolute Gasteiger partial charge is 0.451 e. The van der Waals surface area contributed by atoms with Crippen LogP contribution >= 0.6 is 0 Å². The average Bonchev–Trinajstić information content (AvgIpc) is 2.71. The Morgan fingerprint density at radius 2 is 2.05 bits per heavy atom. The fourth-order valence-electron chi connectivity index (χ4n) is 2.28. The highest BCUT2D eigenvalue weighted by molar-refractivity contribution is 5.03. The second-order valence-corrected chi connectivity index (χ2v) is 4.67. The van der Waals surface area contributed by atoms with Gasteiger partial charge in [0.25, 0.3) is 0 Å². The van der Waals surface area contributed by atoms with Crippen LogP contribution in [0.2, 0.25) is 0 Å². The molecular weight excluding hydrogens is 263 g/mol. The number of alkyl halides is 3. The molecule has 0 amide bonds. The van der Waals surface area contributed by atoms with Gasteiger partial charge in [0.15, 0.2) is 0 Å². The minimum atomic E-state index is -4.50. The Morgan fingerprint density at radius 1 is 1.37 bits per heavy atom. The molecule has 19 heavy (non-hydrogen) atoms. The van der Waals surface area contributed by atoms with Crippen LogP contribution in [0.1, 0.15) is 18.6 Å². The Hall–Kier alpha value is -1.19. The Balaban J connectivity index is 2.20. The lowest BCUT2D eigenvalue weighted by molar-refractivity contribution is -0.148. The highest BCUT2D eigenvalue weighted by Gasteiger charge is 2.40. The van der Waals surface area contributed by atoms with Crippen LogP contribution in [-0.4, -0.2) is 50.0 Å². The number of rotatable bonds is 3. The first-order chi connectivity index (χ1) is 8.84. The summed E-state index contributed by atoms with van der Waals surface area (Å²) >= 11 is 0. The van der Waals surface area contributed by atoms with Crippen molar-refractivity contribution in [2.75, 3.05) is 13.2 Å². The number of aromatic nitrogens is 3. The summed E-state index contributed by atoms with van der Waals surface area (Å²) in [4.78, 5) is 1.83. The molecule has 108 valence electrons. The van der Waals surface area contributed by atoms with Crippen LogP contribution in [0.5, 0.6) is 0 Å². The molecule has 1 aliphatic rings. The van der Waals surface area contributed by atoms with E-state index in [0.29, 0.717) is 6.54 Å². The number of fused-ring (bicyclic) bond motifs is 1. The minimum absolute atomic E-state index is 0.139. The zero-order chi connectivity index (χ0) is 14.2. The van der Waals surface area contributed by atoms with Gasteiger partial charge in [-0.2, -0.15) is 13.2 Å². The molecular formula is C10H16F3N5O. The van der Waals surface area contributed by atoms with Gasteiger partial charge in [0.05, 0.1) is 13.2 Å². The molecule has 3 N–H and O–H groups in total. The molecule has 6 nitrogen and oxygen atoms in total. The van der Waals surface area contributed by atoms with E-state index in [0.717, 1.165) is 4.57 Å². The van der Waals surface area contributed by atoms with Gasteiger partial charge in [0.1, 0.15) is 5.82 Å². The molecule has 1 aromatic heterocycles. The highest BCUT2D eigenvalue weighted by atomic mass is 19.4. The molecule has 0 fully saturated rings. The fraction of sp³-hybridized carbons (Fsp3) is 0.800. The van der Waals surface area contributed by atoms with Crippen molar-refractivity contribution in [3.63, 3.8) is 0 Å². The van der Waals surface area contributed by atoms with Crippen LogP contribution in [0.15, 0.2) is 0 Å². The molecule has 2 unspecified atom stereocenters. The van der Waals surface area contributed by atoms with Crippen LogP contribution in [-0.2, 0) is 19.3 Å². The number of hydrogen-bond acceptors (Lipinski definition) is 5. The van der Waals surface area contributed by atoms with Crippen molar-refractivity contribution in [3.05, 3.63) is 11.6 Å². The third kappa shape index (κ3) is 2.72. The fourth-order valence-corrected chi connectivity index (χ4v) is 2.28. The summed E-state index contributed by atoms with van der Waals surface area (Å²) in [5, 5.41) is 16.1. The van der Waals surface area contributed by atoms with E-state index >= 15 is 0 Å². The van der Waals surface area contributed by atoms with E-state index in [-0.39, 0.29) is 37.6 Å². The summed E-state index contributed by atoms with van der Waals surface area (Å²) in [6.07, 6.45) is -4.50. The molecule has 0 radical (unpaired) electrons. The van der Waals surface area contributed by atoms with E-state index in [1.165, 1.54) is 0 Å². The first-order valence-electron chi connectivity index (χ1n) is 5.94. The van der Waals surface area contributed by atoms with Crippen molar-refractivity contribution >= 4 is 0 Å². The van der Waals surface area contributed by atoms with Gasteiger partial charge in [0.2, 0.25) is 5.82 Å². The van der Waals surface area contributed by atoms with Crippen LogP contribution < -0.4 is 5.73 Å². The average molecular weight is 279 g/mol. The van der Waals surface area contributed by atoms with E-state index in [4.69, 9.17) is 5.73 Å². The second-order valence-electron chi connectivity index (χ2n) is 4.67. The van der Waals surface area contributed by atoms with Gasteiger partial charge in [-0.15, -0.1) is 10.2 Å². The van der Waals surface area contributed by atoms with Crippen LogP contribution in [0, 0.1) is 0 Å². The quantitative estimate of drug-likeness (QED) is 0.802. The second kappa shape index (κ2) is 5.06. The van der Waals surface area contributed by atoms with Gasteiger partial charge in [-0.1, -0.05) is 0 Å². The molecule has 1 aromatic rings. The highest BCUT2D eigenvalue weighted by Crippen LogP contribution is 2.29. The Bertz CT molecular complexity index is 445. The number of hydrogen-bond donors (Lipinski definition) is 2. The van der Waals surface area contributed by atoms with Crippen LogP contribution in [0.3, 0.4) is 0 Å². The first kappa shape index (κ1) is 14.2. The van der Waals surface area contributed by atoms with Gasteiger partial charge in [0, 0.05) is 25.2 Å². The summed E-state index contributed by atoms with van der Waals surface area (Å²) in [7, 11) is 0. The Morgan fingerprint density at radius 3 is 2.58 bits per heavy atom. The summed E-state index contributed by atoms with van der Waals surface area (Å²) in [5.41, 5.74) is 5.75. The van der Waals surface area contributed by atoms with Crippen molar-refractivity contribution in [2.24, 2.45) is 5.73 Å². The van der Waals surface area contributed by atoms with Gasteiger partial charge < -0.3 is 15.4 Å². The third-order valence-corrected chi connectivity index (χ3v) is 3.30. The maximum Gasteiger partial charge on any atom is 0.451 e. The number of aliphatic hydroxyl groups excluding tert-OH is 1. The normalized spacial score (nSPS) is 20.1. The zero-order valence-corrected chi connectivity index (χ0v) is 10.4. The summed E-state index contributed by atoms with van der Waals surface area (Å²) < 4.78 is 39.1. The molecule has 0 saturated heterocycles. The molecule has 1 aliphatic heterocycles. The van der Waals surface area contributed by atoms with Crippen LogP contribution in [0.25, 0.3) is 0 Å². The summed E-state index contributed by atoms with van der Waals surface area (Å²) in [5.74, 6) is -0.721. The monoisotopic (exact) mass is 279 g/mol. The van der Waals surface area contributed by atoms with Crippen LogP contribution in [0.4, 0.5) is 13.2 Å². The number of nitrogens with two attached hydrogens (primary N) is 1. The van der Waals surface area contributed by atoms with E-state index < -0.39 is 12.0 Å². The van der Waals surface area contributed by atoms with Crippen molar-refractivity contribution in [2.45, 2.75) is 38.3 Å². The summed E-state index contributed by atoms with van der Waals surface area (Å²) in [6, 6.07) is -0.568. The predicted octanol–water partition coefficient (Wildman–Crippen LogP) is -0.179. The Kier molecular flexibility index (Phi) is 3.79. The lowest BCUT2D eigenvalue weighted by atomic mass is 10.1. The van der Waals surface area contributed by atoms with Crippen molar-refractivity contribution in [1.29, 1.82) is 0 Å². The maximum atomic E-state index is 12.7. The molecule has 0 saturated carbocycles. The van der Waals surface area contributed by atoms with Gasteiger partial charge in [-0.3, -0.25) is 4.90 Å². The van der Waals surface area contributed by atoms with Crippen molar-refractivity contribution in [1.82, 2.24) is 19.7 Å². The lowest BCUT2D eigenvalue weighted by Crippen LogP contribution is -2.51. The third-order valence-electron chi connectivity index (χ3n) is 3.30. The SMILES string of the molecule is CC(N)C(CO)N1CCn2c(nnc2C(F)(F)F)C1. The molecule has 2 rings (SSSR count). The minimum Gasteiger partial charge on any atom is -0.395 e. The van der Waals surface area contributed by atoms with Gasteiger partial charge >= 0.3 is 6.18 Å². The molecule has 0 aliphatic carbocycles. The van der Waals surface area contributed by atoms with Gasteiger partial charge in [-0.25, -0.2) is 0 Å². The van der Waals surface area contributed by atoms with E-state index in [9.17, 15) is 18.3 Å². The molecule has 9 heteroatoms. The molecule has 0 aromatic carbocycles. The topological polar surface area (TPSA) is 80.2 Å². The number of halogens is 3. The zero-order valence-electron chi connectivity index (χ0n) is 10.4. The number of aliphatic hydroxyl groups is 1. The first-order valence-corrected chi connectivity index (χ1v) is 5.94. The Labute approximate surface area is 108 Å². The smallest absolute Gasteiger partial charge is 0.395 e. The van der Waals surface area contributed by atoms with Gasteiger partial charge in [-0.05, 0) is 6.92 Å². The van der Waals surface area contributed by atoms with E-state index in [2.05, 4.69) is 10.2 Å².